The van der Waals surface area contributed by atoms with E-state index in [9.17, 15) is 21.6 Å². The maximum atomic E-state index is 13.2. The minimum Gasteiger partial charge on any atom is -0.493 e. The van der Waals surface area contributed by atoms with Crippen molar-refractivity contribution in [1.82, 2.24) is 0 Å². The summed E-state index contributed by atoms with van der Waals surface area (Å²) in [6.07, 6.45) is -1.46. The lowest BCUT2D eigenvalue weighted by Crippen LogP contribution is -2.16. The molecule has 0 aliphatic rings. The van der Waals surface area contributed by atoms with Crippen molar-refractivity contribution in [1.29, 1.82) is 0 Å². The van der Waals surface area contributed by atoms with E-state index in [0.29, 0.717) is 34.4 Å². The highest BCUT2D eigenvalue weighted by molar-refractivity contribution is 7.92. The van der Waals surface area contributed by atoms with Gasteiger partial charge in [0.05, 0.1) is 46.0 Å². The second-order valence-corrected chi connectivity index (χ2v) is 9.37. The van der Waals surface area contributed by atoms with Crippen LogP contribution >= 0.6 is 0 Å². The van der Waals surface area contributed by atoms with Crippen molar-refractivity contribution in [3.05, 3.63) is 65.2 Å². The van der Waals surface area contributed by atoms with Gasteiger partial charge in [0, 0.05) is 5.56 Å². The van der Waals surface area contributed by atoms with Crippen molar-refractivity contribution in [2.24, 2.45) is 0 Å². The normalized spacial score (nSPS) is 11.8. The minimum atomic E-state index is -4.71. The summed E-state index contributed by atoms with van der Waals surface area (Å²) >= 11 is 0. The standard InChI is InChI=1S/C26H26F3NO7S/c1-33-20-12-11-17(10-9-16-13-21(34-2)24(36-4)22(14-16)35-3)23(25(20)37-5)30-38(31,32)19-8-6-7-18(15-19)26(27,28)29/h6-15,30H,1-5H3/b10-9-. The molecule has 0 radical (unpaired) electrons. The highest BCUT2D eigenvalue weighted by Gasteiger charge is 2.32. The fourth-order valence-electron chi connectivity index (χ4n) is 3.60. The van der Waals surface area contributed by atoms with Gasteiger partial charge in [-0.05, 0) is 48.0 Å². The van der Waals surface area contributed by atoms with E-state index in [0.717, 1.165) is 18.2 Å². The van der Waals surface area contributed by atoms with Crippen LogP contribution in [0, 0.1) is 0 Å². The van der Waals surface area contributed by atoms with Crippen molar-refractivity contribution in [2.45, 2.75) is 11.1 Å². The van der Waals surface area contributed by atoms with E-state index >= 15 is 0 Å². The highest BCUT2D eigenvalue weighted by Crippen LogP contribution is 2.42. The fourth-order valence-corrected chi connectivity index (χ4v) is 4.74. The second kappa shape index (κ2) is 11.5. The molecule has 8 nitrogen and oxygen atoms in total. The van der Waals surface area contributed by atoms with Gasteiger partial charge in [-0.15, -0.1) is 0 Å². The Bertz CT molecular complexity index is 1410. The number of rotatable bonds is 10. The molecule has 3 aromatic rings. The maximum Gasteiger partial charge on any atom is 0.416 e. The van der Waals surface area contributed by atoms with Gasteiger partial charge in [0.25, 0.3) is 10.0 Å². The van der Waals surface area contributed by atoms with Gasteiger partial charge >= 0.3 is 6.18 Å². The van der Waals surface area contributed by atoms with Crippen LogP contribution in [0.5, 0.6) is 28.7 Å². The van der Waals surface area contributed by atoms with Crippen LogP contribution in [-0.2, 0) is 16.2 Å². The van der Waals surface area contributed by atoms with Crippen molar-refractivity contribution in [3.8, 4) is 28.7 Å². The van der Waals surface area contributed by atoms with E-state index < -0.39 is 26.7 Å². The van der Waals surface area contributed by atoms with Crippen LogP contribution in [0.15, 0.2) is 53.4 Å². The zero-order chi connectivity index (χ0) is 28.1. The zero-order valence-electron chi connectivity index (χ0n) is 21.2. The van der Waals surface area contributed by atoms with Crippen LogP contribution in [0.3, 0.4) is 0 Å². The number of nitrogens with one attached hydrogen (secondary N) is 1. The first-order valence-corrected chi connectivity index (χ1v) is 12.4. The van der Waals surface area contributed by atoms with Gasteiger partial charge in [-0.25, -0.2) is 8.42 Å². The number of sulfonamides is 1. The summed E-state index contributed by atoms with van der Waals surface area (Å²) in [6, 6.07) is 9.93. The summed E-state index contributed by atoms with van der Waals surface area (Å²) in [5, 5.41) is 0. The summed E-state index contributed by atoms with van der Waals surface area (Å²) in [5.41, 5.74) is -0.165. The predicted octanol–water partition coefficient (Wildman–Crippen LogP) is 5.72. The quantitative estimate of drug-likeness (QED) is 0.321. The molecular formula is C26H26F3NO7S. The lowest BCUT2D eigenvalue weighted by Gasteiger charge is -2.18. The summed E-state index contributed by atoms with van der Waals surface area (Å²) in [6.45, 7) is 0. The summed E-state index contributed by atoms with van der Waals surface area (Å²) in [7, 11) is 2.63. The third kappa shape index (κ3) is 6.08. The number of ether oxygens (including phenoxy) is 5. The number of alkyl halides is 3. The van der Waals surface area contributed by atoms with E-state index in [4.69, 9.17) is 23.7 Å². The molecule has 1 N–H and O–H groups in total. The molecule has 0 saturated carbocycles. The summed E-state index contributed by atoms with van der Waals surface area (Å²) in [4.78, 5) is -0.572. The first-order valence-electron chi connectivity index (χ1n) is 10.9. The van der Waals surface area contributed by atoms with E-state index in [1.165, 1.54) is 35.5 Å². The molecule has 3 rings (SSSR count). The van der Waals surface area contributed by atoms with Crippen LogP contribution < -0.4 is 28.4 Å². The van der Waals surface area contributed by atoms with Crippen LogP contribution in [0.1, 0.15) is 16.7 Å². The average Bonchev–Trinajstić information content (AvgIpc) is 2.90. The van der Waals surface area contributed by atoms with Gasteiger partial charge in [0.1, 0.15) is 5.69 Å². The number of benzene rings is 3. The molecule has 0 bridgehead atoms. The topological polar surface area (TPSA) is 92.3 Å². The van der Waals surface area contributed by atoms with Crippen molar-refractivity contribution in [2.75, 3.05) is 40.3 Å². The first-order chi connectivity index (χ1) is 18.0. The lowest BCUT2D eigenvalue weighted by atomic mass is 10.1. The smallest absolute Gasteiger partial charge is 0.416 e. The molecule has 0 aliphatic heterocycles. The molecule has 0 amide bonds. The van der Waals surface area contributed by atoms with E-state index in [2.05, 4.69) is 4.72 Å². The van der Waals surface area contributed by atoms with Crippen LogP contribution in [0.4, 0.5) is 18.9 Å². The van der Waals surface area contributed by atoms with Crippen LogP contribution in [-0.4, -0.2) is 44.0 Å². The molecule has 0 aromatic heterocycles. The predicted molar refractivity (Wildman–Crippen MR) is 137 cm³/mol. The third-order valence-electron chi connectivity index (χ3n) is 5.43. The lowest BCUT2D eigenvalue weighted by molar-refractivity contribution is -0.137. The summed E-state index contributed by atoms with van der Waals surface area (Å²) in [5.74, 6) is 1.45. The first kappa shape index (κ1) is 28.5. The average molecular weight is 554 g/mol. The maximum absolute atomic E-state index is 13.2. The number of anilines is 1. The SMILES string of the molecule is COc1cc(/C=C\c2ccc(OC)c(OC)c2NS(=O)(=O)c2cccc(C(F)(F)F)c2)cc(OC)c1OC. The Balaban J connectivity index is 2.11. The van der Waals surface area contributed by atoms with E-state index in [1.807, 2.05) is 0 Å². The highest BCUT2D eigenvalue weighted by atomic mass is 32.2. The van der Waals surface area contributed by atoms with Crippen LogP contribution in [0.2, 0.25) is 0 Å². The van der Waals surface area contributed by atoms with Gasteiger partial charge in [-0.1, -0.05) is 18.2 Å². The van der Waals surface area contributed by atoms with Crippen molar-refractivity contribution in [3.63, 3.8) is 0 Å². The minimum absolute atomic E-state index is 0.0343. The van der Waals surface area contributed by atoms with Gasteiger partial charge in [0.15, 0.2) is 23.0 Å². The Hall–Kier alpha value is -4.06. The summed E-state index contributed by atoms with van der Waals surface area (Å²) < 4.78 is 95.0. The monoisotopic (exact) mass is 553 g/mol. The third-order valence-corrected chi connectivity index (χ3v) is 6.78. The van der Waals surface area contributed by atoms with Gasteiger partial charge in [-0.2, -0.15) is 13.2 Å². The largest absolute Gasteiger partial charge is 0.493 e. The Morgan fingerprint density at radius 1 is 0.737 bits per heavy atom. The van der Waals surface area contributed by atoms with E-state index in [-0.39, 0.29) is 17.2 Å². The zero-order valence-corrected chi connectivity index (χ0v) is 22.0. The Morgan fingerprint density at radius 2 is 1.34 bits per heavy atom. The van der Waals surface area contributed by atoms with Crippen molar-refractivity contribution >= 4 is 27.9 Å². The molecule has 0 heterocycles. The fraction of sp³-hybridized carbons (Fsp3) is 0.231. The molecule has 0 spiro atoms. The van der Waals surface area contributed by atoms with E-state index in [1.54, 1.807) is 36.4 Å². The second-order valence-electron chi connectivity index (χ2n) is 7.69. The number of hydrogen-bond acceptors (Lipinski definition) is 7. The molecule has 0 saturated heterocycles. The number of methoxy groups -OCH3 is 5. The molecular weight excluding hydrogens is 527 g/mol. The molecule has 12 heteroatoms. The van der Waals surface area contributed by atoms with Gasteiger partial charge in [-0.3, -0.25) is 4.72 Å². The molecule has 204 valence electrons. The molecule has 0 aliphatic carbocycles. The number of halogens is 3. The molecule has 0 fully saturated rings. The Morgan fingerprint density at radius 3 is 1.87 bits per heavy atom. The Labute approximate surface area is 218 Å². The Kier molecular flexibility index (Phi) is 8.67. The molecule has 0 atom stereocenters. The van der Waals surface area contributed by atoms with Crippen molar-refractivity contribution < 1.29 is 45.3 Å². The van der Waals surface area contributed by atoms with Crippen LogP contribution in [0.25, 0.3) is 12.2 Å². The molecule has 0 unspecified atom stereocenters. The molecule has 38 heavy (non-hydrogen) atoms. The molecule has 3 aromatic carbocycles. The number of hydrogen-bond donors (Lipinski definition) is 1. The van der Waals surface area contributed by atoms with Gasteiger partial charge in [0.2, 0.25) is 5.75 Å². The van der Waals surface area contributed by atoms with Gasteiger partial charge < -0.3 is 23.7 Å².